The minimum absolute atomic E-state index is 0. The number of halogens is 3. The Morgan fingerprint density at radius 1 is 1.06 bits per heavy atom. The summed E-state index contributed by atoms with van der Waals surface area (Å²) >= 11 is 0. The van der Waals surface area contributed by atoms with Crippen LogP contribution in [-0.4, -0.2) is 53.6 Å². The summed E-state index contributed by atoms with van der Waals surface area (Å²) in [6.07, 6.45) is 5.53. The van der Waals surface area contributed by atoms with Gasteiger partial charge in [0, 0.05) is 64.8 Å². The van der Waals surface area contributed by atoms with Crippen molar-refractivity contribution in [2.45, 2.75) is 13.1 Å². The Hall–Kier alpha value is -2.69. The van der Waals surface area contributed by atoms with Crippen LogP contribution in [0.1, 0.15) is 11.1 Å². The molecular formula is C23H27F2IN6. The zero-order valence-corrected chi connectivity index (χ0v) is 20.2. The second-order valence-corrected chi connectivity index (χ2v) is 7.53. The van der Waals surface area contributed by atoms with Gasteiger partial charge in [-0.25, -0.2) is 13.8 Å². The van der Waals surface area contributed by atoms with Crippen LogP contribution < -0.4 is 10.2 Å². The van der Waals surface area contributed by atoms with Crippen molar-refractivity contribution in [3.8, 4) is 0 Å². The molecular weight excluding hydrogens is 525 g/mol. The summed E-state index contributed by atoms with van der Waals surface area (Å²) in [5.74, 6) is -0.0149. The number of aliphatic imine (C=N–C) groups is 1. The van der Waals surface area contributed by atoms with Gasteiger partial charge >= 0.3 is 0 Å². The molecule has 2 heterocycles. The summed E-state index contributed by atoms with van der Waals surface area (Å²) in [5.41, 5.74) is 2.69. The fraction of sp³-hybridized carbons (Fsp3) is 0.304. The number of piperazine rings is 1. The van der Waals surface area contributed by atoms with Gasteiger partial charge in [-0.3, -0.25) is 4.99 Å². The molecule has 170 valence electrons. The molecule has 1 aromatic heterocycles. The maximum absolute atomic E-state index is 14.1. The average molecular weight is 552 g/mol. The second kappa shape index (κ2) is 11.3. The van der Waals surface area contributed by atoms with Crippen molar-refractivity contribution in [3.05, 3.63) is 83.9 Å². The molecule has 0 bridgehead atoms. The summed E-state index contributed by atoms with van der Waals surface area (Å²) < 4.78 is 29.6. The lowest BCUT2D eigenvalue weighted by Crippen LogP contribution is -2.52. The summed E-state index contributed by atoms with van der Waals surface area (Å²) in [6.45, 7) is 3.99. The van der Waals surface area contributed by atoms with Crippen LogP contribution in [0.4, 0.5) is 14.5 Å². The minimum atomic E-state index is -0.424. The molecule has 3 aromatic rings. The van der Waals surface area contributed by atoms with Crippen LogP contribution in [0.3, 0.4) is 0 Å². The zero-order chi connectivity index (χ0) is 21.6. The molecule has 1 aliphatic rings. The Morgan fingerprint density at radius 3 is 2.56 bits per heavy atom. The number of benzene rings is 2. The molecule has 1 saturated heterocycles. The van der Waals surface area contributed by atoms with Gasteiger partial charge in [-0.15, -0.1) is 24.0 Å². The first-order valence-corrected chi connectivity index (χ1v) is 10.3. The van der Waals surface area contributed by atoms with Gasteiger partial charge in [0.2, 0.25) is 0 Å². The lowest BCUT2D eigenvalue weighted by atomic mass is 10.1. The first-order chi connectivity index (χ1) is 15.1. The summed E-state index contributed by atoms with van der Waals surface area (Å²) in [7, 11) is 1.76. The zero-order valence-electron chi connectivity index (χ0n) is 17.9. The highest BCUT2D eigenvalue weighted by Gasteiger charge is 2.22. The number of anilines is 1. The molecule has 2 aromatic carbocycles. The third-order valence-electron chi connectivity index (χ3n) is 5.41. The predicted octanol–water partition coefficient (Wildman–Crippen LogP) is 3.73. The van der Waals surface area contributed by atoms with Crippen LogP contribution in [0.25, 0.3) is 0 Å². The number of nitrogens with zero attached hydrogens (tertiary/aromatic N) is 5. The first kappa shape index (κ1) is 24.0. The van der Waals surface area contributed by atoms with Crippen molar-refractivity contribution >= 4 is 35.6 Å². The number of hydrogen-bond acceptors (Lipinski definition) is 3. The number of nitrogens with one attached hydrogen (secondary N) is 1. The third-order valence-corrected chi connectivity index (χ3v) is 5.41. The SMILES string of the molecule is CN=C(NCc1cccc(Cn2ccnc2)c1)N1CCN(c2cc(F)ccc2F)CC1.I. The molecule has 0 saturated carbocycles. The number of aromatic nitrogens is 2. The van der Waals surface area contributed by atoms with E-state index in [2.05, 4.69) is 44.5 Å². The number of guanidine groups is 1. The van der Waals surface area contributed by atoms with Gasteiger partial charge in [-0.2, -0.15) is 0 Å². The summed E-state index contributed by atoms with van der Waals surface area (Å²) in [6, 6.07) is 12.0. The fourth-order valence-corrected chi connectivity index (χ4v) is 3.83. The second-order valence-electron chi connectivity index (χ2n) is 7.53. The van der Waals surface area contributed by atoms with Crippen LogP contribution in [0.15, 0.2) is 66.2 Å². The fourth-order valence-electron chi connectivity index (χ4n) is 3.83. The van der Waals surface area contributed by atoms with Gasteiger partial charge < -0.3 is 19.7 Å². The molecule has 32 heavy (non-hydrogen) atoms. The monoisotopic (exact) mass is 552 g/mol. The first-order valence-electron chi connectivity index (χ1n) is 10.3. The van der Waals surface area contributed by atoms with Crippen molar-refractivity contribution in [2.24, 2.45) is 4.99 Å². The van der Waals surface area contributed by atoms with Crippen LogP contribution in [0, 0.1) is 11.6 Å². The van der Waals surface area contributed by atoms with Gasteiger partial charge in [0.1, 0.15) is 11.6 Å². The molecule has 1 aliphatic heterocycles. The number of rotatable bonds is 5. The van der Waals surface area contributed by atoms with Crippen molar-refractivity contribution in [1.82, 2.24) is 19.8 Å². The van der Waals surface area contributed by atoms with Gasteiger partial charge in [-0.1, -0.05) is 24.3 Å². The Balaban J connectivity index is 0.00000289. The normalized spacial score (nSPS) is 14.3. The molecule has 9 heteroatoms. The Kier molecular flexibility index (Phi) is 8.43. The van der Waals surface area contributed by atoms with Crippen LogP contribution in [-0.2, 0) is 13.1 Å². The molecule has 1 fully saturated rings. The molecule has 0 atom stereocenters. The van der Waals surface area contributed by atoms with Crippen molar-refractivity contribution in [3.63, 3.8) is 0 Å². The quantitative estimate of drug-likeness (QED) is 0.298. The van der Waals surface area contributed by atoms with Gasteiger partial charge in [0.05, 0.1) is 12.0 Å². The molecule has 4 rings (SSSR count). The summed E-state index contributed by atoms with van der Waals surface area (Å²) in [4.78, 5) is 12.5. The van der Waals surface area contributed by atoms with E-state index in [1.54, 1.807) is 13.2 Å². The Bertz CT molecular complexity index is 1030. The lowest BCUT2D eigenvalue weighted by Gasteiger charge is -2.37. The molecule has 6 nitrogen and oxygen atoms in total. The molecule has 0 unspecified atom stereocenters. The van der Waals surface area contributed by atoms with Gasteiger partial charge in [-0.05, 0) is 23.3 Å². The molecule has 0 spiro atoms. The van der Waals surface area contributed by atoms with Gasteiger partial charge in [0.25, 0.3) is 0 Å². The number of hydrogen-bond donors (Lipinski definition) is 1. The largest absolute Gasteiger partial charge is 0.366 e. The third kappa shape index (κ3) is 5.96. The minimum Gasteiger partial charge on any atom is -0.366 e. The van der Waals surface area contributed by atoms with E-state index >= 15 is 0 Å². The topological polar surface area (TPSA) is 48.7 Å². The molecule has 0 amide bonds. The lowest BCUT2D eigenvalue weighted by molar-refractivity contribution is 0.370. The van der Waals surface area contributed by atoms with Gasteiger partial charge in [0.15, 0.2) is 5.96 Å². The van der Waals surface area contributed by atoms with Crippen molar-refractivity contribution < 1.29 is 8.78 Å². The van der Waals surface area contributed by atoms with Crippen molar-refractivity contribution in [1.29, 1.82) is 0 Å². The number of imidazole rings is 1. The van der Waals surface area contributed by atoms with Crippen LogP contribution >= 0.6 is 24.0 Å². The maximum Gasteiger partial charge on any atom is 0.194 e. The Labute approximate surface area is 204 Å². The molecule has 1 N–H and O–H groups in total. The molecule has 0 aliphatic carbocycles. The standard InChI is InChI=1S/C23H26F2N6.HI/c1-26-23(28-15-18-3-2-4-19(13-18)16-29-8-7-27-17-29)31-11-9-30(10-12-31)22-14-20(24)5-6-21(22)25;/h2-8,13-14,17H,9-12,15-16H2,1H3,(H,26,28);1H. The van der Waals surface area contributed by atoms with Crippen molar-refractivity contribution in [2.75, 3.05) is 38.1 Å². The average Bonchev–Trinajstić information content (AvgIpc) is 3.30. The van der Waals surface area contributed by atoms with E-state index < -0.39 is 11.6 Å². The maximum atomic E-state index is 14.1. The van der Waals surface area contributed by atoms with E-state index in [0.29, 0.717) is 38.4 Å². The molecule has 0 radical (unpaired) electrons. The highest BCUT2D eigenvalue weighted by atomic mass is 127. The van der Waals surface area contributed by atoms with E-state index in [9.17, 15) is 8.78 Å². The smallest absolute Gasteiger partial charge is 0.194 e. The van der Waals surface area contributed by atoms with E-state index in [1.165, 1.54) is 23.3 Å². The van der Waals surface area contributed by atoms with Crippen LogP contribution in [0.5, 0.6) is 0 Å². The van der Waals surface area contributed by atoms with E-state index in [1.807, 2.05) is 22.0 Å². The van der Waals surface area contributed by atoms with E-state index in [0.717, 1.165) is 18.6 Å². The highest BCUT2D eigenvalue weighted by Crippen LogP contribution is 2.22. The Morgan fingerprint density at radius 2 is 1.84 bits per heavy atom. The predicted molar refractivity (Wildman–Crippen MR) is 134 cm³/mol. The van der Waals surface area contributed by atoms with E-state index in [-0.39, 0.29) is 24.0 Å². The van der Waals surface area contributed by atoms with E-state index in [4.69, 9.17) is 0 Å². The van der Waals surface area contributed by atoms with Crippen LogP contribution in [0.2, 0.25) is 0 Å². The summed E-state index contributed by atoms with van der Waals surface area (Å²) in [5, 5.41) is 3.42. The highest BCUT2D eigenvalue weighted by molar-refractivity contribution is 14.0.